The number of nitrogens with one attached hydrogen (secondary N) is 1. The van der Waals surface area contributed by atoms with Crippen molar-refractivity contribution < 1.29 is 17.9 Å². The van der Waals surface area contributed by atoms with Gasteiger partial charge < -0.3 is 9.47 Å². The van der Waals surface area contributed by atoms with Crippen LogP contribution in [-0.4, -0.2) is 53.3 Å². The molecule has 28 heavy (non-hydrogen) atoms. The van der Waals surface area contributed by atoms with Crippen LogP contribution in [0.1, 0.15) is 11.6 Å². The molecule has 0 radical (unpaired) electrons. The lowest BCUT2D eigenvalue weighted by atomic mass is 10.0. The number of sulfonamides is 1. The average molecular weight is 490 g/mol. The van der Waals surface area contributed by atoms with Gasteiger partial charge in [0.15, 0.2) is 0 Å². The molecule has 0 bridgehead atoms. The molecule has 1 aliphatic rings. The summed E-state index contributed by atoms with van der Waals surface area (Å²) in [6.45, 7) is 2.80. The van der Waals surface area contributed by atoms with Crippen molar-refractivity contribution in [1.82, 2.24) is 9.62 Å². The lowest BCUT2D eigenvalue weighted by molar-refractivity contribution is 0.0172. The molecule has 152 valence electrons. The molecule has 1 atom stereocenters. The molecule has 3 rings (SSSR count). The Hall–Kier alpha value is -1.16. The van der Waals surface area contributed by atoms with Gasteiger partial charge in [-0.25, -0.2) is 13.1 Å². The van der Waals surface area contributed by atoms with Crippen molar-refractivity contribution in [3.63, 3.8) is 0 Å². The summed E-state index contributed by atoms with van der Waals surface area (Å²) >= 11 is 9.73. The highest BCUT2D eigenvalue weighted by molar-refractivity contribution is 9.10. The predicted molar refractivity (Wildman–Crippen MR) is 112 cm³/mol. The fourth-order valence-corrected chi connectivity index (χ4v) is 5.20. The zero-order chi connectivity index (χ0) is 20.1. The number of methoxy groups -OCH3 is 1. The summed E-state index contributed by atoms with van der Waals surface area (Å²) in [4.78, 5) is 2.27. The topological polar surface area (TPSA) is 67.9 Å². The fraction of sp³-hybridized carbons (Fsp3) is 0.368. The van der Waals surface area contributed by atoms with Crippen LogP contribution in [0.25, 0.3) is 0 Å². The Kier molecular flexibility index (Phi) is 7.36. The van der Waals surface area contributed by atoms with Gasteiger partial charge in [-0.2, -0.15) is 0 Å². The number of halogens is 2. The number of morpholine rings is 1. The van der Waals surface area contributed by atoms with Crippen LogP contribution in [0.2, 0.25) is 5.02 Å². The molecule has 1 fully saturated rings. The summed E-state index contributed by atoms with van der Waals surface area (Å²) in [5.74, 6) is 0.288. The highest BCUT2D eigenvalue weighted by Crippen LogP contribution is 2.30. The van der Waals surface area contributed by atoms with E-state index in [-0.39, 0.29) is 23.2 Å². The summed E-state index contributed by atoms with van der Waals surface area (Å²) in [6.07, 6.45) is 0. The minimum Gasteiger partial charge on any atom is -0.495 e. The van der Waals surface area contributed by atoms with E-state index in [1.807, 2.05) is 24.3 Å². The molecule has 1 aliphatic heterocycles. The van der Waals surface area contributed by atoms with Crippen molar-refractivity contribution in [3.8, 4) is 5.75 Å². The molecule has 0 amide bonds. The van der Waals surface area contributed by atoms with E-state index in [4.69, 9.17) is 21.1 Å². The molecule has 1 saturated heterocycles. The van der Waals surface area contributed by atoms with E-state index in [0.717, 1.165) is 5.56 Å². The minimum atomic E-state index is -3.79. The number of hydrogen-bond acceptors (Lipinski definition) is 5. The number of hydrogen-bond donors (Lipinski definition) is 1. The lowest BCUT2D eigenvalue weighted by Crippen LogP contribution is -2.44. The first-order valence-corrected chi connectivity index (χ1v) is 11.5. The van der Waals surface area contributed by atoms with E-state index in [0.29, 0.717) is 35.8 Å². The molecule has 1 N–H and O–H groups in total. The number of nitrogens with zero attached hydrogens (tertiary/aromatic N) is 1. The van der Waals surface area contributed by atoms with E-state index in [1.54, 1.807) is 12.1 Å². The van der Waals surface area contributed by atoms with E-state index in [1.165, 1.54) is 13.2 Å². The Morgan fingerprint density at radius 1 is 1.25 bits per heavy atom. The van der Waals surface area contributed by atoms with Crippen molar-refractivity contribution in [2.75, 3.05) is 40.0 Å². The van der Waals surface area contributed by atoms with Gasteiger partial charge >= 0.3 is 0 Å². The highest BCUT2D eigenvalue weighted by Gasteiger charge is 2.27. The average Bonchev–Trinajstić information content (AvgIpc) is 2.70. The van der Waals surface area contributed by atoms with Crippen molar-refractivity contribution >= 4 is 37.6 Å². The highest BCUT2D eigenvalue weighted by atomic mass is 79.9. The van der Waals surface area contributed by atoms with Crippen LogP contribution in [0.3, 0.4) is 0 Å². The maximum Gasteiger partial charge on any atom is 0.244 e. The standard InChI is InChI=1S/C19H22BrClN2O4S/c1-26-18-7-6-14(20)12-19(18)28(24,25)22-13-17(23-8-10-27-11-9-23)15-4-2-3-5-16(15)21/h2-7,12,17,22H,8-11,13H2,1H3. The molecule has 9 heteroatoms. The zero-order valence-electron chi connectivity index (χ0n) is 15.4. The van der Waals surface area contributed by atoms with Gasteiger partial charge in [-0.1, -0.05) is 45.7 Å². The predicted octanol–water partition coefficient (Wildman–Crippen LogP) is 3.46. The normalized spacial score (nSPS) is 16.7. The van der Waals surface area contributed by atoms with Gasteiger partial charge in [0.25, 0.3) is 0 Å². The summed E-state index contributed by atoms with van der Waals surface area (Å²) in [6, 6.07) is 12.2. The molecule has 0 spiro atoms. The molecule has 0 aromatic heterocycles. The van der Waals surface area contributed by atoms with Crippen LogP contribution in [0.5, 0.6) is 5.75 Å². The van der Waals surface area contributed by atoms with Crippen LogP contribution in [0.15, 0.2) is 51.8 Å². The second-order valence-electron chi connectivity index (χ2n) is 6.33. The van der Waals surface area contributed by atoms with Gasteiger partial charge in [0.2, 0.25) is 10.0 Å². The number of ether oxygens (including phenoxy) is 2. The maximum absolute atomic E-state index is 13.0. The van der Waals surface area contributed by atoms with Crippen molar-refractivity contribution in [2.24, 2.45) is 0 Å². The van der Waals surface area contributed by atoms with Crippen LogP contribution in [-0.2, 0) is 14.8 Å². The molecule has 6 nitrogen and oxygen atoms in total. The third-order valence-corrected chi connectivity index (χ3v) is 6.91. The monoisotopic (exact) mass is 488 g/mol. The maximum atomic E-state index is 13.0. The van der Waals surface area contributed by atoms with E-state index in [9.17, 15) is 8.42 Å². The first-order chi connectivity index (χ1) is 13.4. The first kappa shape index (κ1) is 21.5. The van der Waals surface area contributed by atoms with Crippen LogP contribution >= 0.6 is 27.5 Å². The van der Waals surface area contributed by atoms with Crippen molar-refractivity contribution in [1.29, 1.82) is 0 Å². The van der Waals surface area contributed by atoms with Gasteiger partial charge in [-0.05, 0) is 29.8 Å². The van der Waals surface area contributed by atoms with Crippen LogP contribution in [0, 0.1) is 0 Å². The Bertz CT molecular complexity index is 920. The molecule has 0 saturated carbocycles. The fourth-order valence-electron chi connectivity index (χ4n) is 3.20. The number of benzene rings is 2. The summed E-state index contributed by atoms with van der Waals surface area (Å²) in [5, 5.41) is 0.609. The smallest absolute Gasteiger partial charge is 0.244 e. The SMILES string of the molecule is COc1ccc(Br)cc1S(=O)(=O)NCC(c1ccccc1Cl)N1CCOCC1. The largest absolute Gasteiger partial charge is 0.495 e. The van der Waals surface area contributed by atoms with Gasteiger partial charge in [-0.15, -0.1) is 0 Å². The third kappa shape index (κ3) is 5.06. The Morgan fingerprint density at radius 3 is 2.64 bits per heavy atom. The van der Waals surface area contributed by atoms with E-state index < -0.39 is 10.0 Å². The number of rotatable bonds is 7. The van der Waals surface area contributed by atoms with Gasteiger partial charge in [-0.3, -0.25) is 4.90 Å². The van der Waals surface area contributed by atoms with Crippen molar-refractivity contribution in [3.05, 3.63) is 57.5 Å². The second kappa shape index (κ2) is 9.56. The van der Waals surface area contributed by atoms with E-state index in [2.05, 4.69) is 25.6 Å². The molecule has 1 unspecified atom stereocenters. The molecule has 2 aromatic carbocycles. The van der Waals surface area contributed by atoms with Gasteiger partial charge in [0.1, 0.15) is 10.6 Å². The second-order valence-corrected chi connectivity index (χ2v) is 9.39. The quantitative estimate of drug-likeness (QED) is 0.645. The molecule has 1 heterocycles. The zero-order valence-corrected chi connectivity index (χ0v) is 18.6. The molecule has 0 aliphatic carbocycles. The van der Waals surface area contributed by atoms with Crippen LogP contribution < -0.4 is 9.46 Å². The summed E-state index contributed by atoms with van der Waals surface area (Å²) in [7, 11) is -2.34. The summed E-state index contributed by atoms with van der Waals surface area (Å²) in [5.41, 5.74) is 0.884. The Morgan fingerprint density at radius 2 is 1.96 bits per heavy atom. The Balaban J connectivity index is 1.87. The van der Waals surface area contributed by atoms with Gasteiger partial charge in [0.05, 0.1) is 20.3 Å². The first-order valence-electron chi connectivity index (χ1n) is 8.82. The Labute approximate surface area is 179 Å². The van der Waals surface area contributed by atoms with Crippen LogP contribution in [0.4, 0.5) is 0 Å². The lowest BCUT2D eigenvalue weighted by Gasteiger charge is -2.35. The third-order valence-electron chi connectivity index (χ3n) is 4.63. The van der Waals surface area contributed by atoms with E-state index >= 15 is 0 Å². The molecule has 2 aromatic rings. The minimum absolute atomic E-state index is 0.0873. The van der Waals surface area contributed by atoms with Gasteiger partial charge in [0, 0.05) is 35.2 Å². The summed E-state index contributed by atoms with van der Waals surface area (Å²) < 4.78 is 40.0. The molecular weight excluding hydrogens is 468 g/mol. The van der Waals surface area contributed by atoms with Crippen molar-refractivity contribution in [2.45, 2.75) is 10.9 Å². The molecular formula is C19H22BrClN2O4S.